The zero-order valence-electron chi connectivity index (χ0n) is 16.1. The third kappa shape index (κ3) is 4.46. The first kappa shape index (κ1) is 18.8. The average molecular weight is 386 g/mol. The Balaban J connectivity index is 1.39. The quantitative estimate of drug-likeness (QED) is 0.665. The second-order valence-corrected chi connectivity index (χ2v) is 7.16. The van der Waals surface area contributed by atoms with Gasteiger partial charge in [-0.1, -0.05) is 24.3 Å². The Hall–Kier alpha value is -3.59. The lowest BCUT2D eigenvalue weighted by atomic mass is 9.96. The number of aromatic amines is 1. The van der Waals surface area contributed by atoms with Gasteiger partial charge in [-0.3, -0.25) is 9.89 Å². The summed E-state index contributed by atoms with van der Waals surface area (Å²) in [6.45, 7) is 0.388. The summed E-state index contributed by atoms with van der Waals surface area (Å²) in [6.07, 6.45) is 4.48. The van der Waals surface area contributed by atoms with E-state index in [0.717, 1.165) is 53.8 Å². The van der Waals surface area contributed by atoms with Crippen molar-refractivity contribution in [3.05, 3.63) is 76.6 Å². The Bertz CT molecular complexity index is 1050. The second-order valence-electron chi connectivity index (χ2n) is 7.16. The summed E-state index contributed by atoms with van der Waals surface area (Å²) in [5, 5.41) is 18.9. The van der Waals surface area contributed by atoms with E-state index < -0.39 is 0 Å². The van der Waals surface area contributed by atoms with Crippen LogP contribution in [0, 0.1) is 11.3 Å². The molecule has 0 saturated heterocycles. The molecule has 1 aliphatic carbocycles. The number of nitrogens with zero attached hydrogens (tertiary/aromatic N) is 2. The maximum absolute atomic E-state index is 12.7. The smallest absolute Gasteiger partial charge is 0.276 e. The molecule has 2 N–H and O–H groups in total. The summed E-state index contributed by atoms with van der Waals surface area (Å²) < 4.78 is 5.82. The van der Waals surface area contributed by atoms with E-state index in [-0.39, 0.29) is 5.91 Å². The monoisotopic (exact) mass is 386 g/mol. The number of rotatable bonds is 6. The van der Waals surface area contributed by atoms with Gasteiger partial charge in [0, 0.05) is 16.9 Å². The number of ether oxygens (including phenoxy) is 1. The lowest BCUT2D eigenvalue weighted by molar-refractivity contribution is 0.102. The molecular formula is C23H22N4O2. The molecule has 0 fully saturated rings. The number of nitriles is 1. The molecule has 0 unspecified atom stereocenters. The molecule has 0 saturated carbocycles. The van der Waals surface area contributed by atoms with Gasteiger partial charge in [0.2, 0.25) is 0 Å². The summed E-state index contributed by atoms with van der Waals surface area (Å²) in [4.78, 5) is 12.7. The Labute approximate surface area is 169 Å². The van der Waals surface area contributed by atoms with Crippen LogP contribution in [0.4, 0.5) is 5.69 Å². The lowest BCUT2D eigenvalue weighted by Crippen LogP contribution is -2.15. The van der Waals surface area contributed by atoms with Gasteiger partial charge < -0.3 is 10.1 Å². The maximum atomic E-state index is 12.7. The van der Waals surface area contributed by atoms with Gasteiger partial charge in [0.15, 0.2) is 5.69 Å². The number of hydrogen-bond acceptors (Lipinski definition) is 4. The number of aromatic nitrogens is 2. The van der Waals surface area contributed by atoms with Gasteiger partial charge in [0.05, 0.1) is 12.5 Å². The Morgan fingerprint density at radius 1 is 1.14 bits per heavy atom. The summed E-state index contributed by atoms with van der Waals surface area (Å²) in [6, 6.07) is 17.2. The predicted octanol–water partition coefficient (Wildman–Crippen LogP) is 4.19. The SMILES string of the molecule is N#CCc1ccc(OCc2cccc(NC(=O)c3n[nH]c4c3CCCC4)c2)cc1. The van der Waals surface area contributed by atoms with Crippen LogP contribution in [0.25, 0.3) is 0 Å². The van der Waals surface area contributed by atoms with Crippen molar-refractivity contribution in [2.45, 2.75) is 38.7 Å². The number of H-pyrrole nitrogens is 1. The van der Waals surface area contributed by atoms with Crippen molar-refractivity contribution in [1.82, 2.24) is 10.2 Å². The highest BCUT2D eigenvalue weighted by Gasteiger charge is 2.21. The molecule has 1 heterocycles. The van der Waals surface area contributed by atoms with E-state index in [1.165, 1.54) is 0 Å². The number of carbonyl (C=O) groups is 1. The molecule has 0 bridgehead atoms. The molecule has 1 aromatic heterocycles. The molecule has 3 aromatic rings. The van der Waals surface area contributed by atoms with E-state index >= 15 is 0 Å². The Morgan fingerprint density at radius 3 is 2.79 bits per heavy atom. The van der Waals surface area contributed by atoms with Crippen LogP contribution in [-0.4, -0.2) is 16.1 Å². The average Bonchev–Trinajstić information content (AvgIpc) is 3.18. The van der Waals surface area contributed by atoms with Gasteiger partial charge in [-0.25, -0.2) is 0 Å². The van der Waals surface area contributed by atoms with Crippen LogP contribution in [0.2, 0.25) is 0 Å². The highest BCUT2D eigenvalue weighted by Crippen LogP contribution is 2.23. The number of anilines is 1. The molecule has 0 atom stereocenters. The number of fused-ring (bicyclic) bond motifs is 1. The molecule has 0 radical (unpaired) electrons. The molecule has 146 valence electrons. The number of hydrogen-bond donors (Lipinski definition) is 2. The van der Waals surface area contributed by atoms with E-state index in [0.29, 0.717) is 24.4 Å². The Morgan fingerprint density at radius 2 is 1.97 bits per heavy atom. The van der Waals surface area contributed by atoms with Crippen molar-refractivity contribution in [2.75, 3.05) is 5.32 Å². The van der Waals surface area contributed by atoms with Gasteiger partial charge in [-0.05, 0) is 61.1 Å². The molecule has 29 heavy (non-hydrogen) atoms. The fourth-order valence-electron chi connectivity index (χ4n) is 3.56. The van der Waals surface area contributed by atoms with Gasteiger partial charge in [0.1, 0.15) is 12.4 Å². The van der Waals surface area contributed by atoms with Gasteiger partial charge in [-0.15, -0.1) is 0 Å². The van der Waals surface area contributed by atoms with Crippen molar-refractivity contribution in [3.8, 4) is 11.8 Å². The van der Waals surface area contributed by atoms with Crippen molar-refractivity contribution < 1.29 is 9.53 Å². The minimum Gasteiger partial charge on any atom is -0.489 e. The topological polar surface area (TPSA) is 90.8 Å². The number of benzene rings is 2. The van der Waals surface area contributed by atoms with E-state index in [1.54, 1.807) is 0 Å². The molecule has 6 heteroatoms. The highest BCUT2D eigenvalue weighted by atomic mass is 16.5. The van der Waals surface area contributed by atoms with Crippen LogP contribution in [0.3, 0.4) is 0 Å². The summed E-state index contributed by atoms with van der Waals surface area (Å²) >= 11 is 0. The summed E-state index contributed by atoms with van der Waals surface area (Å²) in [7, 11) is 0. The highest BCUT2D eigenvalue weighted by molar-refractivity contribution is 6.04. The minimum absolute atomic E-state index is 0.185. The number of carbonyl (C=O) groups excluding carboxylic acids is 1. The normalized spacial score (nSPS) is 12.7. The first-order valence-corrected chi connectivity index (χ1v) is 9.78. The molecule has 6 nitrogen and oxygen atoms in total. The van der Waals surface area contributed by atoms with E-state index in [4.69, 9.17) is 10.00 Å². The summed E-state index contributed by atoms with van der Waals surface area (Å²) in [5.74, 6) is 0.555. The van der Waals surface area contributed by atoms with E-state index in [1.807, 2.05) is 48.5 Å². The zero-order valence-corrected chi connectivity index (χ0v) is 16.1. The maximum Gasteiger partial charge on any atom is 0.276 e. The third-order valence-corrected chi connectivity index (χ3v) is 5.07. The van der Waals surface area contributed by atoms with Crippen LogP contribution >= 0.6 is 0 Å². The fourth-order valence-corrected chi connectivity index (χ4v) is 3.56. The van der Waals surface area contributed by atoms with Crippen molar-refractivity contribution in [3.63, 3.8) is 0 Å². The zero-order chi connectivity index (χ0) is 20.1. The second kappa shape index (κ2) is 8.61. The lowest BCUT2D eigenvalue weighted by Gasteiger charge is -2.12. The minimum atomic E-state index is -0.185. The molecule has 4 rings (SSSR count). The van der Waals surface area contributed by atoms with Crippen LogP contribution in [-0.2, 0) is 25.9 Å². The predicted molar refractivity (Wildman–Crippen MR) is 110 cm³/mol. The molecular weight excluding hydrogens is 364 g/mol. The van der Waals surface area contributed by atoms with Crippen LogP contribution in [0.5, 0.6) is 5.75 Å². The molecule has 1 aliphatic rings. The summed E-state index contributed by atoms with van der Waals surface area (Å²) in [5.41, 5.74) is 5.27. The van der Waals surface area contributed by atoms with Gasteiger partial charge in [0.25, 0.3) is 5.91 Å². The standard InChI is InChI=1S/C23H22N4O2/c24-13-12-16-8-10-19(11-9-16)29-15-17-4-3-5-18(14-17)25-23(28)22-20-6-1-2-7-21(20)26-27-22/h3-5,8-11,14H,1-2,6-7,12,15H2,(H,25,28)(H,26,27). The van der Waals surface area contributed by atoms with Crippen molar-refractivity contribution >= 4 is 11.6 Å². The molecule has 0 spiro atoms. The first-order valence-electron chi connectivity index (χ1n) is 9.78. The third-order valence-electron chi connectivity index (χ3n) is 5.07. The van der Waals surface area contributed by atoms with E-state index in [2.05, 4.69) is 21.6 Å². The van der Waals surface area contributed by atoms with Crippen LogP contribution in [0.1, 0.15) is 45.7 Å². The van der Waals surface area contributed by atoms with Crippen LogP contribution in [0.15, 0.2) is 48.5 Å². The Kier molecular flexibility index (Phi) is 5.57. The fraction of sp³-hybridized carbons (Fsp3) is 0.261. The van der Waals surface area contributed by atoms with Crippen molar-refractivity contribution in [2.24, 2.45) is 0 Å². The van der Waals surface area contributed by atoms with Crippen LogP contribution < -0.4 is 10.1 Å². The number of aryl methyl sites for hydroxylation is 1. The molecule has 0 aliphatic heterocycles. The van der Waals surface area contributed by atoms with E-state index in [9.17, 15) is 4.79 Å². The van der Waals surface area contributed by atoms with Crippen molar-refractivity contribution in [1.29, 1.82) is 5.26 Å². The first-order chi connectivity index (χ1) is 14.2. The molecule has 2 aromatic carbocycles. The van der Waals surface area contributed by atoms with Gasteiger partial charge >= 0.3 is 0 Å². The number of nitrogens with one attached hydrogen (secondary N) is 2. The molecule has 1 amide bonds. The number of amides is 1. The largest absolute Gasteiger partial charge is 0.489 e. The van der Waals surface area contributed by atoms with Gasteiger partial charge in [-0.2, -0.15) is 10.4 Å².